The molecule has 0 aliphatic carbocycles. The summed E-state index contributed by atoms with van der Waals surface area (Å²) in [7, 11) is -1.33. The fourth-order valence-corrected chi connectivity index (χ4v) is 1.32. The molecule has 0 radical (unpaired) electrons. The minimum absolute atomic E-state index is 1.12. The fourth-order valence-electron chi connectivity index (χ4n) is 0.328. The number of halogens is 3. The Kier molecular flexibility index (Phi) is 5.18. The smallest absolute Gasteiger partial charge is 0.318 e. The van der Waals surface area contributed by atoms with Gasteiger partial charge in [0.2, 0.25) is 0 Å². The quantitative estimate of drug-likeness (QED) is 0.616. The van der Waals surface area contributed by atoms with E-state index in [4.69, 9.17) is 34.8 Å². The second-order valence-corrected chi connectivity index (χ2v) is 5.95. The van der Waals surface area contributed by atoms with Gasteiger partial charge in [-0.1, -0.05) is 34.8 Å². The van der Waals surface area contributed by atoms with Gasteiger partial charge >= 0.3 is 13.6 Å². The van der Waals surface area contributed by atoms with Crippen LogP contribution >= 0.6 is 42.5 Å². The Morgan fingerprint density at radius 1 is 1.38 bits per heavy atom. The van der Waals surface area contributed by atoms with Crippen molar-refractivity contribution in [2.45, 2.75) is 3.79 Å². The number of alkyl halides is 3. The predicted octanol–water partition coefficient (Wildman–Crippen LogP) is 2.11. The zero-order valence-corrected chi connectivity index (χ0v) is 9.86. The van der Waals surface area contributed by atoms with Gasteiger partial charge in [-0.25, -0.2) is 0 Å². The van der Waals surface area contributed by atoms with E-state index in [-0.39, 0.29) is 0 Å². The standard InChI is InChI=1S/C4H7Cl3NO4P/c1-11-13(10,12-2)8-3(9)4(5,6)7/h10H,1-2H3. The van der Waals surface area contributed by atoms with Crippen molar-refractivity contribution in [3.63, 3.8) is 0 Å². The lowest BCUT2D eigenvalue weighted by molar-refractivity contribution is -0.117. The average molecular weight is 270 g/mol. The summed E-state index contributed by atoms with van der Waals surface area (Å²) in [5, 5.41) is 0. The van der Waals surface area contributed by atoms with Crippen molar-refractivity contribution in [2.24, 2.45) is 4.74 Å². The molecule has 1 amide bonds. The van der Waals surface area contributed by atoms with Crippen molar-refractivity contribution < 1.29 is 18.7 Å². The van der Waals surface area contributed by atoms with Gasteiger partial charge in [-0.05, 0) is 0 Å². The van der Waals surface area contributed by atoms with Crippen molar-refractivity contribution in [1.82, 2.24) is 0 Å². The van der Waals surface area contributed by atoms with Crippen LogP contribution in [0.3, 0.4) is 0 Å². The number of nitrogens with zero attached hydrogens (tertiary/aromatic N) is 1. The molecule has 0 aromatic rings. The maximum absolute atomic E-state index is 10.9. The predicted molar refractivity (Wildman–Crippen MR) is 50.9 cm³/mol. The highest BCUT2D eigenvalue weighted by Crippen LogP contribution is 2.47. The van der Waals surface area contributed by atoms with Crippen LogP contribution in [0.25, 0.3) is 0 Å². The van der Waals surface area contributed by atoms with E-state index in [1.807, 2.05) is 0 Å². The molecule has 0 aliphatic rings. The van der Waals surface area contributed by atoms with Crippen LogP contribution in [0.5, 0.6) is 0 Å². The Morgan fingerprint density at radius 3 is 2.00 bits per heavy atom. The molecule has 0 atom stereocenters. The number of rotatable bonds is 2. The summed E-state index contributed by atoms with van der Waals surface area (Å²) in [4.78, 5) is 20.2. The molecule has 0 saturated carbocycles. The minimum Gasteiger partial charge on any atom is -0.318 e. The van der Waals surface area contributed by atoms with Crippen molar-refractivity contribution in [3.05, 3.63) is 0 Å². The molecule has 1 N–H and O–H groups in total. The van der Waals surface area contributed by atoms with E-state index in [0.29, 0.717) is 0 Å². The molecule has 0 aliphatic heterocycles. The highest BCUT2D eigenvalue weighted by Gasteiger charge is 2.33. The third kappa shape index (κ3) is 4.61. The third-order valence-electron chi connectivity index (χ3n) is 0.935. The number of hydrogen-bond donors (Lipinski definition) is 1. The number of amides is 1. The van der Waals surface area contributed by atoms with E-state index in [1.54, 1.807) is 0 Å². The van der Waals surface area contributed by atoms with Crippen molar-refractivity contribution in [2.75, 3.05) is 14.2 Å². The van der Waals surface area contributed by atoms with E-state index in [9.17, 15) is 9.69 Å². The molecule has 0 saturated heterocycles. The van der Waals surface area contributed by atoms with Crippen molar-refractivity contribution in [1.29, 1.82) is 0 Å². The summed E-state index contributed by atoms with van der Waals surface area (Å²) in [6.07, 6.45) is 0. The van der Waals surface area contributed by atoms with Gasteiger partial charge in [-0.2, -0.15) is 4.74 Å². The van der Waals surface area contributed by atoms with E-state index >= 15 is 0 Å². The third-order valence-corrected chi connectivity index (χ3v) is 2.81. The van der Waals surface area contributed by atoms with Crippen LogP contribution in [-0.2, 0) is 13.8 Å². The number of carbonyl (C=O) groups is 1. The van der Waals surface area contributed by atoms with Gasteiger partial charge in [-0.15, -0.1) is 0 Å². The SMILES string of the molecule is COP(O)(=NC(=O)C(Cl)(Cl)Cl)OC. The fraction of sp³-hybridized carbons (Fsp3) is 0.750. The first kappa shape index (κ1) is 13.7. The number of hydrogen-bond acceptors (Lipinski definition) is 3. The molecule has 9 heteroatoms. The van der Waals surface area contributed by atoms with E-state index in [1.165, 1.54) is 0 Å². The largest absolute Gasteiger partial charge is 0.360 e. The Morgan fingerprint density at radius 2 is 1.77 bits per heavy atom. The number of carbonyl (C=O) groups excluding carboxylic acids is 1. The van der Waals surface area contributed by atoms with E-state index in [0.717, 1.165) is 14.2 Å². The van der Waals surface area contributed by atoms with Crippen LogP contribution < -0.4 is 0 Å². The second kappa shape index (κ2) is 4.94. The lowest BCUT2D eigenvalue weighted by atomic mass is 10.7. The Bertz CT molecular complexity index is 242. The summed E-state index contributed by atoms with van der Waals surface area (Å²) in [6.45, 7) is 0. The van der Waals surface area contributed by atoms with E-state index in [2.05, 4.69) is 13.8 Å². The Hall–Kier alpha value is 0.650. The molecule has 5 nitrogen and oxygen atoms in total. The molecular weight excluding hydrogens is 263 g/mol. The van der Waals surface area contributed by atoms with Crippen molar-refractivity contribution >= 4 is 48.4 Å². The van der Waals surface area contributed by atoms with E-state index < -0.39 is 17.4 Å². The summed E-state index contributed by atoms with van der Waals surface area (Å²) in [5.74, 6) is -1.14. The summed E-state index contributed by atoms with van der Waals surface area (Å²) < 4.78 is 9.75. The maximum Gasteiger partial charge on any atom is 0.360 e. The summed E-state index contributed by atoms with van der Waals surface area (Å²) in [5.41, 5.74) is 0. The Balaban J connectivity index is 4.83. The molecule has 0 rings (SSSR count). The molecule has 0 aromatic heterocycles. The minimum atomic E-state index is -3.56. The van der Waals surface area contributed by atoms with Crippen LogP contribution in [0.4, 0.5) is 0 Å². The normalized spacial score (nSPS) is 12.8. The van der Waals surface area contributed by atoms with Gasteiger partial charge in [0.25, 0.3) is 3.79 Å². The lowest BCUT2D eigenvalue weighted by Gasteiger charge is -2.13. The molecular formula is C4H7Cl3NO4P. The van der Waals surface area contributed by atoms with Gasteiger partial charge in [0.1, 0.15) is 0 Å². The van der Waals surface area contributed by atoms with Gasteiger partial charge in [0.05, 0.1) is 0 Å². The molecule has 0 heterocycles. The molecule has 0 fully saturated rings. The van der Waals surface area contributed by atoms with Gasteiger partial charge in [-0.3, -0.25) is 4.79 Å². The average Bonchev–Trinajstić information content (AvgIpc) is 2.02. The first-order valence-electron chi connectivity index (χ1n) is 2.83. The van der Waals surface area contributed by atoms with Crippen LogP contribution in [0.2, 0.25) is 0 Å². The Labute approximate surface area is 90.2 Å². The highest BCUT2D eigenvalue weighted by atomic mass is 35.6. The van der Waals surface area contributed by atoms with Gasteiger partial charge < -0.3 is 13.9 Å². The van der Waals surface area contributed by atoms with Crippen LogP contribution in [-0.4, -0.2) is 28.8 Å². The summed E-state index contributed by atoms with van der Waals surface area (Å²) in [6, 6.07) is 0. The zero-order valence-electron chi connectivity index (χ0n) is 6.70. The maximum atomic E-state index is 10.9. The first-order chi connectivity index (χ1) is 5.75. The molecule has 0 aromatic carbocycles. The highest BCUT2D eigenvalue weighted by molar-refractivity contribution is 7.50. The second-order valence-electron chi connectivity index (χ2n) is 1.76. The van der Waals surface area contributed by atoms with Crippen LogP contribution in [0, 0.1) is 0 Å². The molecule has 78 valence electrons. The van der Waals surface area contributed by atoms with Gasteiger partial charge in [0, 0.05) is 14.2 Å². The zero-order chi connectivity index (χ0) is 10.7. The topological polar surface area (TPSA) is 68.1 Å². The van der Waals surface area contributed by atoms with Crippen molar-refractivity contribution in [3.8, 4) is 0 Å². The first-order valence-corrected chi connectivity index (χ1v) is 5.49. The van der Waals surface area contributed by atoms with Crippen LogP contribution in [0.15, 0.2) is 4.74 Å². The molecule has 0 spiro atoms. The van der Waals surface area contributed by atoms with Gasteiger partial charge in [0.15, 0.2) is 0 Å². The monoisotopic (exact) mass is 269 g/mol. The van der Waals surface area contributed by atoms with Crippen LogP contribution in [0.1, 0.15) is 0 Å². The molecule has 13 heavy (non-hydrogen) atoms. The lowest BCUT2D eigenvalue weighted by Crippen LogP contribution is -2.16. The molecule has 0 bridgehead atoms. The molecule has 0 unspecified atom stereocenters. The summed E-state index contributed by atoms with van der Waals surface area (Å²) >= 11 is 15.6.